The first-order chi connectivity index (χ1) is 5.40. The van der Waals surface area contributed by atoms with Gasteiger partial charge in [0.05, 0.1) is 5.69 Å². The Hall–Kier alpha value is -1.03. The lowest BCUT2D eigenvalue weighted by atomic mass is 10.4. The van der Waals surface area contributed by atoms with Gasteiger partial charge in [-0.25, -0.2) is 4.98 Å². The van der Waals surface area contributed by atoms with E-state index in [0.29, 0.717) is 6.54 Å². The average Bonchev–Trinajstić information content (AvgIpc) is 2.46. The summed E-state index contributed by atoms with van der Waals surface area (Å²) in [6, 6.07) is 0. The molecule has 60 valence electrons. The minimum absolute atomic E-state index is 0.529. The van der Waals surface area contributed by atoms with Gasteiger partial charge in [0.1, 0.15) is 0 Å². The van der Waals surface area contributed by atoms with Crippen molar-refractivity contribution in [1.29, 1.82) is 0 Å². The van der Waals surface area contributed by atoms with E-state index in [2.05, 4.69) is 14.9 Å². The van der Waals surface area contributed by atoms with E-state index in [9.17, 15) is 0 Å². The summed E-state index contributed by atoms with van der Waals surface area (Å²) >= 11 is 0. The van der Waals surface area contributed by atoms with Gasteiger partial charge < -0.3 is 15.6 Å². The largest absolute Gasteiger partial charge is 0.356 e. The summed E-state index contributed by atoms with van der Waals surface area (Å²) in [5.41, 5.74) is 6.43. The minimum Gasteiger partial charge on any atom is -0.356 e. The third-order valence-electron chi connectivity index (χ3n) is 1.89. The molecule has 0 saturated carbocycles. The summed E-state index contributed by atoms with van der Waals surface area (Å²) in [5, 5.41) is 3.21. The SMILES string of the molecule is NCc1cn2c(n1)NCCC2. The lowest BCUT2D eigenvalue weighted by molar-refractivity contribution is 0.627. The topological polar surface area (TPSA) is 55.9 Å². The van der Waals surface area contributed by atoms with Gasteiger partial charge in [0.2, 0.25) is 5.95 Å². The van der Waals surface area contributed by atoms with Gasteiger partial charge in [0.25, 0.3) is 0 Å². The highest BCUT2D eigenvalue weighted by molar-refractivity contribution is 5.30. The Balaban J connectivity index is 2.32. The van der Waals surface area contributed by atoms with Gasteiger partial charge >= 0.3 is 0 Å². The van der Waals surface area contributed by atoms with Crippen LogP contribution >= 0.6 is 0 Å². The molecule has 0 saturated heterocycles. The van der Waals surface area contributed by atoms with Crippen LogP contribution in [0.1, 0.15) is 12.1 Å². The van der Waals surface area contributed by atoms with Crippen molar-refractivity contribution in [2.24, 2.45) is 5.73 Å². The first-order valence-electron chi connectivity index (χ1n) is 3.90. The molecule has 4 nitrogen and oxygen atoms in total. The molecule has 0 aliphatic carbocycles. The number of fused-ring (bicyclic) bond motifs is 1. The van der Waals surface area contributed by atoms with E-state index >= 15 is 0 Å². The molecule has 2 rings (SSSR count). The maximum atomic E-state index is 5.46. The third kappa shape index (κ3) is 1.09. The molecule has 1 aromatic heterocycles. The predicted molar refractivity (Wildman–Crippen MR) is 43.2 cm³/mol. The molecular weight excluding hydrogens is 140 g/mol. The van der Waals surface area contributed by atoms with Crippen molar-refractivity contribution in [2.45, 2.75) is 19.5 Å². The Kier molecular flexibility index (Phi) is 1.54. The Morgan fingerprint density at radius 2 is 2.64 bits per heavy atom. The second-order valence-electron chi connectivity index (χ2n) is 2.73. The standard InChI is InChI=1S/C7H12N4/c8-4-6-5-11-3-1-2-9-7(11)10-6/h5H,1-4,8H2,(H,9,10). The molecule has 1 aliphatic heterocycles. The van der Waals surface area contributed by atoms with Crippen molar-refractivity contribution in [1.82, 2.24) is 9.55 Å². The van der Waals surface area contributed by atoms with Crippen molar-refractivity contribution in [2.75, 3.05) is 11.9 Å². The highest BCUT2D eigenvalue weighted by atomic mass is 15.2. The zero-order chi connectivity index (χ0) is 7.68. The fourth-order valence-corrected chi connectivity index (χ4v) is 1.33. The van der Waals surface area contributed by atoms with Crippen LogP contribution in [-0.4, -0.2) is 16.1 Å². The van der Waals surface area contributed by atoms with Gasteiger partial charge in [0.15, 0.2) is 0 Å². The van der Waals surface area contributed by atoms with E-state index in [4.69, 9.17) is 5.73 Å². The summed E-state index contributed by atoms with van der Waals surface area (Å²) in [4.78, 5) is 4.30. The Morgan fingerprint density at radius 3 is 3.36 bits per heavy atom. The van der Waals surface area contributed by atoms with Crippen molar-refractivity contribution >= 4 is 5.95 Å². The van der Waals surface area contributed by atoms with E-state index in [0.717, 1.165) is 24.7 Å². The van der Waals surface area contributed by atoms with E-state index < -0.39 is 0 Å². The molecule has 0 bridgehead atoms. The van der Waals surface area contributed by atoms with Gasteiger partial charge in [-0.1, -0.05) is 0 Å². The summed E-state index contributed by atoms with van der Waals surface area (Å²) in [6.07, 6.45) is 3.19. The molecule has 11 heavy (non-hydrogen) atoms. The van der Waals surface area contributed by atoms with Crippen molar-refractivity contribution in [3.05, 3.63) is 11.9 Å². The van der Waals surface area contributed by atoms with Gasteiger partial charge in [-0.3, -0.25) is 0 Å². The number of imidazole rings is 1. The number of hydrogen-bond acceptors (Lipinski definition) is 3. The third-order valence-corrected chi connectivity index (χ3v) is 1.89. The quantitative estimate of drug-likeness (QED) is 0.602. The van der Waals surface area contributed by atoms with Crippen LogP contribution in [0.25, 0.3) is 0 Å². The van der Waals surface area contributed by atoms with Crippen LogP contribution in [-0.2, 0) is 13.1 Å². The zero-order valence-electron chi connectivity index (χ0n) is 6.38. The molecule has 0 atom stereocenters. The molecule has 0 fully saturated rings. The molecule has 4 heteroatoms. The predicted octanol–water partition coefficient (Wildman–Crippen LogP) is 0.157. The van der Waals surface area contributed by atoms with Crippen LogP contribution in [0.3, 0.4) is 0 Å². The number of rotatable bonds is 1. The zero-order valence-corrected chi connectivity index (χ0v) is 6.38. The number of aryl methyl sites for hydroxylation is 1. The first kappa shape index (κ1) is 6.67. The summed E-state index contributed by atoms with van der Waals surface area (Å²) in [7, 11) is 0. The Bertz CT molecular complexity index is 229. The number of hydrogen-bond donors (Lipinski definition) is 2. The van der Waals surface area contributed by atoms with Crippen LogP contribution < -0.4 is 11.1 Å². The summed E-state index contributed by atoms with van der Waals surface area (Å²) in [5.74, 6) is 0.969. The normalized spacial score (nSPS) is 15.7. The van der Waals surface area contributed by atoms with Crippen LogP contribution in [0.2, 0.25) is 0 Å². The van der Waals surface area contributed by atoms with Crippen molar-refractivity contribution in [3.63, 3.8) is 0 Å². The van der Waals surface area contributed by atoms with Crippen LogP contribution in [0.15, 0.2) is 6.20 Å². The van der Waals surface area contributed by atoms with E-state index in [1.54, 1.807) is 0 Å². The lowest BCUT2D eigenvalue weighted by Gasteiger charge is -2.14. The number of anilines is 1. The molecule has 0 spiro atoms. The molecular formula is C7H12N4. The summed E-state index contributed by atoms with van der Waals surface area (Å²) in [6.45, 7) is 2.62. The number of nitrogens with zero attached hydrogens (tertiary/aromatic N) is 2. The van der Waals surface area contributed by atoms with Crippen molar-refractivity contribution in [3.8, 4) is 0 Å². The maximum Gasteiger partial charge on any atom is 0.203 e. The Morgan fingerprint density at radius 1 is 1.73 bits per heavy atom. The molecule has 1 aromatic rings. The second kappa shape index (κ2) is 2.54. The second-order valence-corrected chi connectivity index (χ2v) is 2.73. The maximum absolute atomic E-state index is 5.46. The fourth-order valence-electron chi connectivity index (χ4n) is 1.33. The molecule has 0 radical (unpaired) electrons. The molecule has 2 heterocycles. The van der Waals surface area contributed by atoms with Gasteiger partial charge in [-0.15, -0.1) is 0 Å². The molecule has 0 aromatic carbocycles. The van der Waals surface area contributed by atoms with Crippen LogP contribution in [0.4, 0.5) is 5.95 Å². The monoisotopic (exact) mass is 152 g/mol. The van der Waals surface area contributed by atoms with E-state index in [-0.39, 0.29) is 0 Å². The van der Waals surface area contributed by atoms with Gasteiger partial charge in [-0.05, 0) is 6.42 Å². The number of nitrogens with one attached hydrogen (secondary N) is 1. The summed E-state index contributed by atoms with van der Waals surface area (Å²) < 4.78 is 2.12. The molecule has 1 aliphatic rings. The number of nitrogens with two attached hydrogens (primary N) is 1. The fraction of sp³-hybridized carbons (Fsp3) is 0.571. The van der Waals surface area contributed by atoms with Crippen molar-refractivity contribution < 1.29 is 0 Å². The Labute approximate surface area is 65.4 Å². The van der Waals surface area contributed by atoms with Crippen LogP contribution in [0, 0.1) is 0 Å². The molecule has 0 unspecified atom stereocenters. The number of aromatic nitrogens is 2. The molecule has 3 N–H and O–H groups in total. The van der Waals surface area contributed by atoms with Gasteiger partial charge in [-0.2, -0.15) is 0 Å². The smallest absolute Gasteiger partial charge is 0.203 e. The van der Waals surface area contributed by atoms with E-state index in [1.807, 2.05) is 6.20 Å². The average molecular weight is 152 g/mol. The van der Waals surface area contributed by atoms with Crippen LogP contribution in [0.5, 0.6) is 0 Å². The van der Waals surface area contributed by atoms with Gasteiger partial charge in [0, 0.05) is 25.8 Å². The first-order valence-corrected chi connectivity index (χ1v) is 3.90. The highest BCUT2D eigenvalue weighted by Gasteiger charge is 2.09. The minimum atomic E-state index is 0.529. The highest BCUT2D eigenvalue weighted by Crippen LogP contribution is 2.13. The lowest BCUT2D eigenvalue weighted by Crippen LogP contribution is -2.16. The van der Waals surface area contributed by atoms with E-state index in [1.165, 1.54) is 6.42 Å². The molecule has 0 amide bonds.